The van der Waals surface area contributed by atoms with Gasteiger partial charge in [-0.15, -0.1) is 0 Å². The van der Waals surface area contributed by atoms with Gasteiger partial charge >= 0.3 is 6.09 Å². The maximum atomic E-state index is 11.9. The van der Waals surface area contributed by atoms with Gasteiger partial charge in [0.05, 0.1) is 13.2 Å². The smallest absolute Gasteiger partial charge is 0.408 e. The van der Waals surface area contributed by atoms with Crippen molar-refractivity contribution in [2.45, 2.75) is 45.3 Å². The highest BCUT2D eigenvalue weighted by Gasteiger charge is 2.26. The molecule has 108 valence electrons. The Hall–Kier alpha value is -1.81. The molecule has 0 bridgehead atoms. The highest BCUT2D eigenvalue weighted by atomic mass is 16.7. The van der Waals surface area contributed by atoms with E-state index in [0.717, 1.165) is 5.06 Å². The van der Waals surface area contributed by atoms with E-state index in [-0.39, 0.29) is 12.8 Å². The number of likely N-dealkylation sites (N-methyl/N-ethyl adjacent to an activating group) is 1. The first kappa shape index (κ1) is 17.2. The van der Waals surface area contributed by atoms with E-state index in [4.69, 9.17) is 14.8 Å². The molecule has 0 heterocycles. The van der Waals surface area contributed by atoms with Gasteiger partial charge in [0.2, 0.25) is 0 Å². The average Bonchev–Trinajstić information content (AvgIpc) is 2.30. The Morgan fingerprint density at radius 1 is 1.42 bits per heavy atom. The zero-order valence-corrected chi connectivity index (χ0v) is 12.0. The minimum Gasteiger partial charge on any atom is -0.444 e. The molecule has 19 heavy (non-hydrogen) atoms. The van der Waals surface area contributed by atoms with Crippen LogP contribution in [-0.4, -0.2) is 42.9 Å². The third kappa shape index (κ3) is 7.26. The van der Waals surface area contributed by atoms with E-state index >= 15 is 0 Å². The van der Waals surface area contributed by atoms with E-state index in [1.165, 1.54) is 14.2 Å². The summed E-state index contributed by atoms with van der Waals surface area (Å²) in [5.74, 6) is -0.441. The SMILES string of the molecule is CON(C)C(=O)C(CCC#N)NC(=O)OC(C)(C)C. The molecule has 0 aliphatic carbocycles. The average molecular weight is 271 g/mol. The summed E-state index contributed by atoms with van der Waals surface area (Å²) in [5, 5.41) is 12.0. The first-order valence-corrected chi connectivity index (χ1v) is 5.89. The number of amides is 2. The molecule has 0 aromatic rings. The Bertz CT molecular complexity index is 357. The van der Waals surface area contributed by atoms with E-state index in [9.17, 15) is 9.59 Å². The summed E-state index contributed by atoms with van der Waals surface area (Å²) in [4.78, 5) is 28.3. The van der Waals surface area contributed by atoms with E-state index in [0.29, 0.717) is 0 Å². The zero-order chi connectivity index (χ0) is 15.1. The maximum absolute atomic E-state index is 11.9. The predicted octanol–water partition coefficient (Wildman–Crippen LogP) is 1.20. The van der Waals surface area contributed by atoms with Gasteiger partial charge in [0.1, 0.15) is 11.6 Å². The van der Waals surface area contributed by atoms with Crippen LogP contribution in [0.15, 0.2) is 0 Å². The third-order valence-electron chi connectivity index (χ3n) is 2.12. The lowest BCUT2D eigenvalue weighted by Crippen LogP contribution is -2.48. The van der Waals surface area contributed by atoms with Crippen molar-refractivity contribution < 1.29 is 19.2 Å². The molecule has 0 aromatic heterocycles. The Labute approximate surface area is 113 Å². The van der Waals surface area contributed by atoms with Gasteiger partial charge in [-0.25, -0.2) is 9.86 Å². The Morgan fingerprint density at radius 2 is 2.00 bits per heavy atom. The van der Waals surface area contributed by atoms with Crippen molar-refractivity contribution in [1.29, 1.82) is 5.26 Å². The van der Waals surface area contributed by atoms with Crippen LogP contribution in [-0.2, 0) is 14.4 Å². The van der Waals surface area contributed by atoms with Crippen LogP contribution in [0.3, 0.4) is 0 Å². The second kappa shape index (κ2) is 7.59. The lowest BCUT2D eigenvalue weighted by atomic mass is 10.1. The molecule has 0 aliphatic rings. The van der Waals surface area contributed by atoms with Crippen LogP contribution in [0.1, 0.15) is 33.6 Å². The van der Waals surface area contributed by atoms with Crippen LogP contribution >= 0.6 is 0 Å². The van der Waals surface area contributed by atoms with Crippen molar-refractivity contribution in [3.05, 3.63) is 0 Å². The van der Waals surface area contributed by atoms with Crippen LogP contribution < -0.4 is 5.32 Å². The lowest BCUT2D eigenvalue weighted by molar-refractivity contribution is -0.171. The lowest BCUT2D eigenvalue weighted by Gasteiger charge is -2.24. The molecule has 7 heteroatoms. The summed E-state index contributed by atoms with van der Waals surface area (Å²) in [7, 11) is 2.77. The summed E-state index contributed by atoms with van der Waals surface area (Å²) < 4.78 is 5.07. The molecule has 0 saturated heterocycles. The molecule has 0 saturated carbocycles. The predicted molar refractivity (Wildman–Crippen MR) is 67.8 cm³/mol. The normalized spacial score (nSPS) is 12.2. The van der Waals surface area contributed by atoms with Gasteiger partial charge < -0.3 is 10.1 Å². The first-order chi connectivity index (χ1) is 8.71. The van der Waals surface area contributed by atoms with Gasteiger partial charge in [-0.1, -0.05) is 0 Å². The molecule has 0 fully saturated rings. The molecule has 2 amide bonds. The van der Waals surface area contributed by atoms with Crippen molar-refractivity contribution in [1.82, 2.24) is 10.4 Å². The number of ether oxygens (including phenoxy) is 1. The van der Waals surface area contributed by atoms with Crippen molar-refractivity contribution in [2.24, 2.45) is 0 Å². The second-order valence-corrected chi connectivity index (χ2v) is 4.91. The Kier molecular flexibility index (Phi) is 6.86. The molecule has 0 radical (unpaired) electrons. The number of carbonyl (C=O) groups excluding carboxylic acids is 2. The van der Waals surface area contributed by atoms with E-state index in [1.807, 2.05) is 6.07 Å². The Morgan fingerprint density at radius 3 is 2.42 bits per heavy atom. The van der Waals surface area contributed by atoms with Gasteiger partial charge in [-0.3, -0.25) is 9.63 Å². The van der Waals surface area contributed by atoms with Gasteiger partial charge in [-0.05, 0) is 27.2 Å². The Balaban J connectivity index is 4.64. The summed E-state index contributed by atoms with van der Waals surface area (Å²) in [5.41, 5.74) is -0.653. The van der Waals surface area contributed by atoms with Crippen molar-refractivity contribution in [3.63, 3.8) is 0 Å². The minimum atomic E-state index is -0.848. The fourth-order valence-electron chi connectivity index (χ4n) is 1.23. The minimum absolute atomic E-state index is 0.143. The highest BCUT2D eigenvalue weighted by molar-refractivity contribution is 5.84. The third-order valence-corrected chi connectivity index (χ3v) is 2.12. The summed E-state index contributed by atoms with van der Waals surface area (Å²) in [6.07, 6.45) is -0.361. The highest BCUT2D eigenvalue weighted by Crippen LogP contribution is 2.08. The molecule has 0 rings (SSSR count). The van der Waals surface area contributed by atoms with Gasteiger partial charge in [0, 0.05) is 13.5 Å². The van der Waals surface area contributed by atoms with Crippen LogP contribution in [0.25, 0.3) is 0 Å². The van der Waals surface area contributed by atoms with Gasteiger partial charge in [0.25, 0.3) is 5.91 Å². The molecule has 1 unspecified atom stereocenters. The topological polar surface area (TPSA) is 91.7 Å². The van der Waals surface area contributed by atoms with Crippen molar-refractivity contribution >= 4 is 12.0 Å². The molecule has 1 N–H and O–H groups in total. The number of nitrogens with one attached hydrogen (secondary N) is 1. The molecular weight excluding hydrogens is 250 g/mol. The molecule has 0 spiro atoms. The number of nitriles is 1. The molecule has 7 nitrogen and oxygen atoms in total. The largest absolute Gasteiger partial charge is 0.444 e. The molecule has 0 aromatic carbocycles. The van der Waals surface area contributed by atoms with Crippen LogP contribution in [0, 0.1) is 11.3 Å². The van der Waals surface area contributed by atoms with Crippen LogP contribution in [0.4, 0.5) is 4.79 Å². The van der Waals surface area contributed by atoms with Crippen LogP contribution in [0.5, 0.6) is 0 Å². The van der Waals surface area contributed by atoms with Crippen LogP contribution in [0.2, 0.25) is 0 Å². The number of nitrogens with zero attached hydrogens (tertiary/aromatic N) is 2. The van der Waals surface area contributed by atoms with Gasteiger partial charge in [0.15, 0.2) is 0 Å². The van der Waals surface area contributed by atoms with Crippen molar-refractivity contribution in [2.75, 3.05) is 14.2 Å². The molecule has 1 atom stereocenters. The van der Waals surface area contributed by atoms with E-state index in [1.54, 1.807) is 20.8 Å². The maximum Gasteiger partial charge on any atom is 0.408 e. The number of rotatable bonds is 5. The summed E-state index contributed by atoms with van der Waals surface area (Å²) in [6.45, 7) is 5.17. The number of carbonyl (C=O) groups is 2. The number of hydrogen-bond donors (Lipinski definition) is 1. The van der Waals surface area contributed by atoms with Crippen molar-refractivity contribution in [3.8, 4) is 6.07 Å². The number of hydroxylamine groups is 2. The summed E-state index contributed by atoms with van der Waals surface area (Å²) in [6, 6.07) is 1.08. The fraction of sp³-hybridized carbons (Fsp3) is 0.750. The quantitative estimate of drug-likeness (QED) is 0.759. The van der Waals surface area contributed by atoms with E-state index in [2.05, 4.69) is 5.32 Å². The standard InChI is InChI=1S/C12H21N3O4/c1-12(2,3)19-11(17)14-9(7-6-8-13)10(16)15(4)18-5/h9H,6-7H2,1-5H3,(H,14,17). The fourth-order valence-corrected chi connectivity index (χ4v) is 1.23. The number of alkyl carbamates (subject to hydrolysis) is 1. The van der Waals surface area contributed by atoms with E-state index < -0.39 is 23.6 Å². The second-order valence-electron chi connectivity index (χ2n) is 4.91. The zero-order valence-electron chi connectivity index (χ0n) is 12.0. The number of hydrogen-bond acceptors (Lipinski definition) is 5. The summed E-state index contributed by atoms with van der Waals surface area (Å²) >= 11 is 0. The first-order valence-electron chi connectivity index (χ1n) is 5.89. The molecular formula is C12H21N3O4. The van der Waals surface area contributed by atoms with Gasteiger partial charge in [-0.2, -0.15) is 5.26 Å². The molecule has 0 aliphatic heterocycles. The monoisotopic (exact) mass is 271 g/mol.